The summed E-state index contributed by atoms with van der Waals surface area (Å²) in [5.74, 6) is 2.00. The molecule has 1 aromatic carbocycles. The van der Waals surface area contributed by atoms with Gasteiger partial charge in [0.2, 0.25) is 0 Å². The van der Waals surface area contributed by atoms with E-state index in [-0.39, 0.29) is 5.41 Å². The predicted molar refractivity (Wildman–Crippen MR) is 76.7 cm³/mol. The molecule has 0 saturated carbocycles. The summed E-state index contributed by atoms with van der Waals surface area (Å²) in [5, 5.41) is 2.53. The normalized spacial score (nSPS) is 12.2. The third-order valence-corrected chi connectivity index (χ3v) is 4.86. The standard InChI is InChI=1S/C13H17NS2/c1-13(2,8-15)9-16-12-7-10-5-3-4-6-11(10)14-12/h3-7,14-15H,8-9H2,1-2H3. The highest BCUT2D eigenvalue weighted by Crippen LogP contribution is 2.29. The molecule has 1 aromatic heterocycles. The highest BCUT2D eigenvalue weighted by atomic mass is 32.2. The van der Waals surface area contributed by atoms with Crippen molar-refractivity contribution in [3.8, 4) is 0 Å². The third-order valence-electron chi connectivity index (χ3n) is 2.55. The number of benzene rings is 1. The average molecular weight is 251 g/mol. The van der Waals surface area contributed by atoms with Crippen molar-refractivity contribution < 1.29 is 0 Å². The topological polar surface area (TPSA) is 15.8 Å². The van der Waals surface area contributed by atoms with Crippen LogP contribution in [0.3, 0.4) is 0 Å². The third kappa shape index (κ3) is 2.77. The molecule has 0 aliphatic carbocycles. The number of hydrogen-bond donors (Lipinski definition) is 2. The molecule has 0 unspecified atom stereocenters. The van der Waals surface area contributed by atoms with E-state index in [1.807, 2.05) is 11.8 Å². The molecule has 0 radical (unpaired) electrons. The van der Waals surface area contributed by atoms with Gasteiger partial charge in [-0.15, -0.1) is 11.8 Å². The van der Waals surface area contributed by atoms with Crippen LogP contribution in [0.5, 0.6) is 0 Å². The van der Waals surface area contributed by atoms with Crippen LogP contribution in [0.15, 0.2) is 35.4 Å². The van der Waals surface area contributed by atoms with Gasteiger partial charge in [0.15, 0.2) is 0 Å². The van der Waals surface area contributed by atoms with Crippen LogP contribution < -0.4 is 0 Å². The summed E-state index contributed by atoms with van der Waals surface area (Å²) >= 11 is 6.25. The Hall–Kier alpha value is -0.540. The lowest BCUT2D eigenvalue weighted by atomic mass is 10.0. The number of thioether (sulfide) groups is 1. The lowest BCUT2D eigenvalue weighted by Gasteiger charge is -2.20. The van der Waals surface area contributed by atoms with Gasteiger partial charge in [0.1, 0.15) is 0 Å². The first-order valence-corrected chi connectivity index (χ1v) is 7.04. The molecule has 2 rings (SSSR count). The zero-order chi connectivity index (χ0) is 11.6. The fourth-order valence-electron chi connectivity index (χ4n) is 1.44. The van der Waals surface area contributed by atoms with E-state index in [0.717, 1.165) is 11.5 Å². The van der Waals surface area contributed by atoms with Crippen LogP contribution in [0.1, 0.15) is 13.8 Å². The molecule has 1 heterocycles. The Morgan fingerprint density at radius 3 is 2.75 bits per heavy atom. The van der Waals surface area contributed by atoms with Crippen molar-refractivity contribution in [2.24, 2.45) is 5.41 Å². The molecule has 0 fully saturated rings. The van der Waals surface area contributed by atoms with E-state index in [2.05, 4.69) is 61.8 Å². The van der Waals surface area contributed by atoms with Crippen LogP contribution >= 0.6 is 24.4 Å². The molecular weight excluding hydrogens is 234 g/mol. The van der Waals surface area contributed by atoms with Gasteiger partial charge in [-0.25, -0.2) is 0 Å². The minimum absolute atomic E-state index is 0.283. The molecular formula is C13H17NS2. The van der Waals surface area contributed by atoms with E-state index in [1.165, 1.54) is 15.9 Å². The summed E-state index contributed by atoms with van der Waals surface area (Å²) in [7, 11) is 0. The van der Waals surface area contributed by atoms with Gasteiger partial charge in [0.05, 0.1) is 5.03 Å². The van der Waals surface area contributed by atoms with Crippen LogP contribution in [0.2, 0.25) is 0 Å². The molecule has 86 valence electrons. The quantitative estimate of drug-likeness (QED) is 0.614. The van der Waals surface area contributed by atoms with E-state index in [4.69, 9.17) is 0 Å². The van der Waals surface area contributed by atoms with Crippen LogP contribution in [-0.2, 0) is 0 Å². The van der Waals surface area contributed by atoms with E-state index in [1.54, 1.807) is 0 Å². The van der Waals surface area contributed by atoms with Crippen molar-refractivity contribution in [1.82, 2.24) is 4.98 Å². The van der Waals surface area contributed by atoms with Crippen molar-refractivity contribution in [3.05, 3.63) is 30.3 Å². The average Bonchev–Trinajstić information content (AvgIpc) is 2.69. The highest BCUT2D eigenvalue weighted by Gasteiger charge is 2.16. The van der Waals surface area contributed by atoms with Gasteiger partial charge in [-0.05, 0) is 23.3 Å². The van der Waals surface area contributed by atoms with Crippen molar-refractivity contribution in [1.29, 1.82) is 0 Å². The molecule has 0 saturated heterocycles. The van der Waals surface area contributed by atoms with Gasteiger partial charge < -0.3 is 4.98 Å². The van der Waals surface area contributed by atoms with Crippen LogP contribution in [0.25, 0.3) is 10.9 Å². The van der Waals surface area contributed by atoms with E-state index >= 15 is 0 Å². The first-order chi connectivity index (χ1) is 7.61. The minimum atomic E-state index is 0.283. The Labute approximate surface area is 106 Å². The van der Waals surface area contributed by atoms with Crippen molar-refractivity contribution >= 4 is 35.3 Å². The molecule has 1 N–H and O–H groups in total. The summed E-state index contributed by atoms with van der Waals surface area (Å²) in [5.41, 5.74) is 1.50. The number of H-pyrrole nitrogens is 1. The second-order valence-corrected chi connectivity index (χ2v) is 6.17. The Morgan fingerprint density at radius 2 is 2.06 bits per heavy atom. The zero-order valence-corrected chi connectivity index (χ0v) is 11.4. The van der Waals surface area contributed by atoms with Gasteiger partial charge in [-0.2, -0.15) is 12.6 Å². The summed E-state index contributed by atoms with van der Waals surface area (Å²) in [6.07, 6.45) is 0. The van der Waals surface area contributed by atoms with Crippen LogP contribution in [-0.4, -0.2) is 16.5 Å². The maximum atomic E-state index is 4.37. The number of rotatable bonds is 4. The summed E-state index contributed by atoms with van der Waals surface area (Å²) in [6.45, 7) is 4.49. The van der Waals surface area contributed by atoms with E-state index in [0.29, 0.717) is 0 Å². The highest BCUT2D eigenvalue weighted by molar-refractivity contribution is 7.99. The van der Waals surface area contributed by atoms with Crippen LogP contribution in [0, 0.1) is 5.41 Å². The molecule has 0 atom stereocenters. The van der Waals surface area contributed by atoms with Gasteiger partial charge in [-0.1, -0.05) is 32.0 Å². The Kier molecular flexibility index (Phi) is 3.55. The molecule has 0 spiro atoms. The molecule has 0 aliphatic heterocycles. The van der Waals surface area contributed by atoms with Crippen LogP contribution in [0.4, 0.5) is 0 Å². The maximum absolute atomic E-state index is 4.37. The largest absolute Gasteiger partial charge is 0.350 e. The van der Waals surface area contributed by atoms with Gasteiger partial charge in [0, 0.05) is 16.7 Å². The van der Waals surface area contributed by atoms with Gasteiger partial charge in [0.25, 0.3) is 0 Å². The molecule has 0 bridgehead atoms. The van der Waals surface area contributed by atoms with E-state index in [9.17, 15) is 0 Å². The Balaban J connectivity index is 2.10. The second kappa shape index (κ2) is 4.76. The number of aromatic amines is 1. The number of fused-ring (bicyclic) bond motifs is 1. The summed E-state index contributed by atoms with van der Waals surface area (Å²) < 4.78 is 0. The molecule has 3 heteroatoms. The fraction of sp³-hybridized carbons (Fsp3) is 0.385. The predicted octanol–water partition coefficient (Wildman–Crippen LogP) is 4.22. The molecule has 16 heavy (non-hydrogen) atoms. The number of aromatic nitrogens is 1. The Morgan fingerprint density at radius 1 is 1.31 bits per heavy atom. The monoisotopic (exact) mass is 251 g/mol. The van der Waals surface area contributed by atoms with Crippen molar-refractivity contribution in [2.45, 2.75) is 18.9 Å². The lowest BCUT2D eigenvalue weighted by molar-refractivity contribution is 0.493. The molecule has 0 aliphatic rings. The van der Waals surface area contributed by atoms with E-state index < -0.39 is 0 Å². The molecule has 1 nitrogen and oxygen atoms in total. The zero-order valence-electron chi connectivity index (χ0n) is 9.66. The van der Waals surface area contributed by atoms with Gasteiger partial charge >= 0.3 is 0 Å². The summed E-state index contributed by atoms with van der Waals surface area (Å²) in [4.78, 5) is 3.43. The number of thiol groups is 1. The SMILES string of the molecule is CC(C)(CS)CSc1cc2ccccc2[nH]1. The lowest BCUT2D eigenvalue weighted by Crippen LogP contribution is -2.16. The minimum Gasteiger partial charge on any atom is -0.350 e. The van der Waals surface area contributed by atoms with Gasteiger partial charge in [-0.3, -0.25) is 0 Å². The first kappa shape index (κ1) is 11.9. The first-order valence-electron chi connectivity index (χ1n) is 5.42. The maximum Gasteiger partial charge on any atom is 0.0732 e. The summed E-state index contributed by atoms with van der Waals surface area (Å²) in [6, 6.07) is 10.6. The Bertz CT molecular complexity index is 440. The number of nitrogens with one attached hydrogen (secondary N) is 1. The number of hydrogen-bond acceptors (Lipinski definition) is 2. The molecule has 0 amide bonds. The van der Waals surface area contributed by atoms with Crippen molar-refractivity contribution in [2.75, 3.05) is 11.5 Å². The smallest absolute Gasteiger partial charge is 0.0732 e. The van der Waals surface area contributed by atoms with Crippen molar-refractivity contribution in [3.63, 3.8) is 0 Å². The fourth-order valence-corrected chi connectivity index (χ4v) is 2.75. The second-order valence-electron chi connectivity index (χ2n) is 4.83. The number of para-hydroxylation sites is 1. The molecule has 2 aromatic rings.